The quantitative estimate of drug-likeness (QED) is 0.331. The van der Waals surface area contributed by atoms with Crippen LogP contribution in [0.1, 0.15) is 72.6 Å². The highest BCUT2D eigenvalue weighted by Crippen LogP contribution is 2.71. The van der Waals surface area contributed by atoms with E-state index in [9.17, 15) is 30.0 Å². The van der Waals surface area contributed by atoms with Gasteiger partial charge in [0, 0.05) is 17.8 Å². The molecular formula is C28H38O7. The first kappa shape index (κ1) is 23.8. The molecule has 0 aromatic heterocycles. The largest absolute Gasteiger partial charge is 0.461 e. The Kier molecular flexibility index (Phi) is 4.53. The molecule has 0 unspecified atom stereocenters. The van der Waals surface area contributed by atoms with Gasteiger partial charge in [-0.15, -0.1) is 0 Å². The van der Waals surface area contributed by atoms with Crippen molar-refractivity contribution in [3.63, 3.8) is 0 Å². The van der Waals surface area contributed by atoms with Crippen LogP contribution in [0.4, 0.5) is 0 Å². The average molecular weight is 487 g/mol. The highest BCUT2D eigenvalue weighted by molar-refractivity contribution is 5.99. The van der Waals surface area contributed by atoms with E-state index in [-0.39, 0.29) is 30.0 Å². The summed E-state index contributed by atoms with van der Waals surface area (Å²) in [5.41, 5.74) is -5.76. The van der Waals surface area contributed by atoms with Crippen LogP contribution in [0.25, 0.3) is 0 Å². The lowest BCUT2D eigenvalue weighted by atomic mass is 9.43. The van der Waals surface area contributed by atoms with E-state index in [0.29, 0.717) is 38.5 Å². The van der Waals surface area contributed by atoms with Crippen molar-refractivity contribution >= 4 is 11.8 Å². The Morgan fingerprint density at radius 2 is 1.57 bits per heavy atom. The van der Waals surface area contributed by atoms with Gasteiger partial charge < -0.3 is 25.2 Å². The minimum absolute atomic E-state index is 0.0316. The number of ether oxygens (including phenoxy) is 1. The first-order chi connectivity index (χ1) is 16.2. The van der Waals surface area contributed by atoms with Crippen LogP contribution < -0.4 is 0 Å². The molecule has 7 nitrogen and oxygen atoms in total. The highest BCUT2D eigenvalue weighted by atomic mass is 16.6. The van der Waals surface area contributed by atoms with Crippen LogP contribution in [0.2, 0.25) is 0 Å². The highest BCUT2D eigenvalue weighted by Gasteiger charge is 2.76. The van der Waals surface area contributed by atoms with Crippen molar-refractivity contribution < 1.29 is 34.8 Å². The zero-order valence-corrected chi connectivity index (χ0v) is 21.1. The summed E-state index contributed by atoms with van der Waals surface area (Å²) >= 11 is 0. The summed E-state index contributed by atoms with van der Waals surface area (Å²) in [6, 6.07) is 0. The van der Waals surface area contributed by atoms with Crippen LogP contribution >= 0.6 is 0 Å². The fourth-order valence-electron chi connectivity index (χ4n) is 9.57. The van der Waals surface area contributed by atoms with Gasteiger partial charge in [0.15, 0.2) is 5.78 Å². The Balaban J connectivity index is 1.39. The van der Waals surface area contributed by atoms with Gasteiger partial charge in [0.2, 0.25) is 0 Å². The lowest BCUT2D eigenvalue weighted by Crippen LogP contribution is -2.72. The Morgan fingerprint density at radius 3 is 2.23 bits per heavy atom. The summed E-state index contributed by atoms with van der Waals surface area (Å²) in [4.78, 5) is 25.9. The predicted octanol–water partition coefficient (Wildman–Crippen LogP) is 2.20. The molecule has 0 amide bonds. The number of fused-ring (bicyclic) bond motifs is 8. The molecule has 0 aromatic carbocycles. The molecule has 7 heteroatoms. The molecule has 2 aliphatic heterocycles. The van der Waals surface area contributed by atoms with Gasteiger partial charge in [0.05, 0.1) is 33.7 Å². The molecule has 2 bridgehead atoms. The van der Waals surface area contributed by atoms with E-state index in [1.165, 1.54) is 6.08 Å². The van der Waals surface area contributed by atoms with Gasteiger partial charge in [-0.3, -0.25) is 9.59 Å². The molecule has 2 heterocycles. The first-order valence-corrected chi connectivity index (χ1v) is 13.2. The van der Waals surface area contributed by atoms with Crippen molar-refractivity contribution in [1.29, 1.82) is 0 Å². The number of aliphatic hydroxyl groups is 4. The van der Waals surface area contributed by atoms with Crippen molar-refractivity contribution in [2.24, 2.45) is 34.0 Å². The van der Waals surface area contributed by atoms with Crippen LogP contribution in [-0.4, -0.2) is 61.2 Å². The third kappa shape index (κ3) is 2.47. The van der Waals surface area contributed by atoms with E-state index in [2.05, 4.69) is 0 Å². The van der Waals surface area contributed by atoms with Crippen molar-refractivity contribution in [2.75, 3.05) is 0 Å². The number of carbonyl (C=O) groups excluding carboxylic acids is 2. The van der Waals surface area contributed by atoms with Crippen LogP contribution in [-0.2, 0) is 14.3 Å². The van der Waals surface area contributed by atoms with Gasteiger partial charge in [-0.05, 0) is 88.9 Å². The normalized spacial score (nSPS) is 58.9. The average Bonchev–Trinajstić information content (AvgIpc) is 3.00. The Hall–Kier alpha value is -1.54. The van der Waals surface area contributed by atoms with E-state index < -0.39 is 51.2 Å². The van der Waals surface area contributed by atoms with Crippen molar-refractivity contribution in [3.8, 4) is 0 Å². The van der Waals surface area contributed by atoms with Gasteiger partial charge in [-0.2, -0.15) is 0 Å². The lowest BCUT2D eigenvalue weighted by molar-refractivity contribution is -0.279. The molecule has 2 saturated heterocycles. The second-order valence-electron chi connectivity index (χ2n) is 13.3. The van der Waals surface area contributed by atoms with Gasteiger partial charge in [-0.25, -0.2) is 0 Å². The third-order valence-corrected chi connectivity index (χ3v) is 12.2. The lowest BCUT2D eigenvalue weighted by Gasteiger charge is -2.64. The SMILES string of the molecule is C[C@]12C(=O)C=C[C@H](O)C1=CC[C@H]1[C@H]2CC[C@@]2(C)[C@@]1(O)CC[C@]2(O)[C@@H]1C[C@@]2(C)C(=O)O[C@@H]1C[C@]2(C)O. The maximum Gasteiger partial charge on any atom is 0.315 e. The fraction of sp³-hybridized carbons (Fsp3) is 0.786. The van der Waals surface area contributed by atoms with E-state index >= 15 is 0 Å². The number of carbonyl (C=O) groups is 2. The second-order valence-corrected chi connectivity index (χ2v) is 13.3. The molecule has 4 N–H and O–H groups in total. The van der Waals surface area contributed by atoms with Crippen molar-refractivity contribution in [2.45, 2.75) is 102 Å². The zero-order valence-electron chi connectivity index (χ0n) is 21.1. The van der Waals surface area contributed by atoms with Crippen molar-refractivity contribution in [1.82, 2.24) is 0 Å². The minimum Gasteiger partial charge on any atom is -0.461 e. The van der Waals surface area contributed by atoms with Crippen LogP contribution in [0.5, 0.6) is 0 Å². The third-order valence-electron chi connectivity index (χ3n) is 12.2. The zero-order chi connectivity index (χ0) is 25.4. The monoisotopic (exact) mass is 486 g/mol. The van der Waals surface area contributed by atoms with Crippen molar-refractivity contribution in [3.05, 3.63) is 23.8 Å². The summed E-state index contributed by atoms with van der Waals surface area (Å²) in [6.45, 7) is 7.28. The summed E-state index contributed by atoms with van der Waals surface area (Å²) in [5, 5.41) is 46.5. The number of hydrogen-bond acceptors (Lipinski definition) is 7. The molecule has 35 heavy (non-hydrogen) atoms. The molecule has 5 aliphatic carbocycles. The maximum absolute atomic E-state index is 13.2. The topological polar surface area (TPSA) is 124 Å². The van der Waals surface area contributed by atoms with Crippen LogP contribution in [0, 0.1) is 34.0 Å². The summed E-state index contributed by atoms with van der Waals surface area (Å²) in [5.74, 6) is -1.19. The molecule has 7 aliphatic rings. The smallest absolute Gasteiger partial charge is 0.315 e. The van der Waals surface area contributed by atoms with E-state index in [1.54, 1.807) is 19.9 Å². The number of rotatable bonds is 1. The molecule has 3 saturated carbocycles. The Bertz CT molecular complexity index is 1080. The second kappa shape index (κ2) is 6.66. The van der Waals surface area contributed by atoms with Gasteiger partial charge in [-0.1, -0.05) is 13.0 Å². The molecule has 11 atom stereocenters. The number of esters is 1. The Labute approximate surface area is 206 Å². The van der Waals surface area contributed by atoms with E-state index in [1.807, 2.05) is 19.9 Å². The molecular weight excluding hydrogens is 448 g/mol. The molecule has 0 spiro atoms. The first-order valence-electron chi connectivity index (χ1n) is 13.2. The number of aliphatic hydroxyl groups excluding tert-OH is 1. The maximum atomic E-state index is 13.2. The molecule has 0 aromatic rings. The summed E-state index contributed by atoms with van der Waals surface area (Å²) in [7, 11) is 0. The fourth-order valence-corrected chi connectivity index (χ4v) is 9.57. The van der Waals surface area contributed by atoms with Gasteiger partial charge in [0.1, 0.15) is 6.10 Å². The van der Waals surface area contributed by atoms with Crippen LogP contribution in [0.3, 0.4) is 0 Å². The minimum atomic E-state index is -1.27. The summed E-state index contributed by atoms with van der Waals surface area (Å²) < 4.78 is 5.76. The molecule has 192 valence electrons. The molecule has 7 rings (SSSR count). The number of allylic oxidation sites excluding steroid dienone is 2. The number of ketones is 1. The van der Waals surface area contributed by atoms with Crippen LogP contribution in [0.15, 0.2) is 23.8 Å². The van der Waals surface area contributed by atoms with Gasteiger partial charge >= 0.3 is 5.97 Å². The molecule has 0 radical (unpaired) electrons. The predicted molar refractivity (Wildman–Crippen MR) is 126 cm³/mol. The van der Waals surface area contributed by atoms with E-state index in [0.717, 1.165) is 5.57 Å². The van der Waals surface area contributed by atoms with E-state index in [4.69, 9.17) is 4.74 Å². The standard InChI is InChI=1S/C28H38O7/c1-23-13-18(20(35-22(23)31)14-25(23,3)32)28(34)12-11-27(33)16-5-6-17-19(29)7-8-21(30)26(17,4)15(16)9-10-24(27,28)2/h6-8,15-16,18-20,29,32-34H,5,9-14H2,1-4H3/t15-,16+,18-,19+,20-,23+,24+,25+,26-,27-,28+/m1/s1. The Morgan fingerprint density at radius 1 is 0.914 bits per heavy atom. The molecule has 5 fully saturated rings. The summed E-state index contributed by atoms with van der Waals surface area (Å²) in [6.07, 6.45) is 6.67. The number of hydrogen-bond donors (Lipinski definition) is 4. The van der Waals surface area contributed by atoms with Gasteiger partial charge in [0.25, 0.3) is 0 Å².